The van der Waals surface area contributed by atoms with E-state index in [1.165, 1.54) is 0 Å². The summed E-state index contributed by atoms with van der Waals surface area (Å²) in [5.41, 5.74) is 0.860. The summed E-state index contributed by atoms with van der Waals surface area (Å²) in [6.45, 7) is 5.42. The van der Waals surface area contributed by atoms with Gasteiger partial charge in [0.05, 0.1) is 30.3 Å². The Kier molecular flexibility index (Phi) is 7.74. The zero-order valence-electron chi connectivity index (χ0n) is 18.4. The number of carbonyl (C=O) groups is 2. The van der Waals surface area contributed by atoms with Gasteiger partial charge in [-0.15, -0.1) is 0 Å². The molecule has 0 bridgehead atoms. The van der Waals surface area contributed by atoms with Gasteiger partial charge in [0, 0.05) is 28.2 Å². The van der Waals surface area contributed by atoms with E-state index in [0.29, 0.717) is 16.8 Å². The number of rotatable bonds is 7. The van der Waals surface area contributed by atoms with Crippen molar-refractivity contribution in [3.63, 3.8) is 0 Å². The Balaban J connectivity index is 2.23. The van der Waals surface area contributed by atoms with Gasteiger partial charge in [0.25, 0.3) is 0 Å². The molecular weight excluding hydrogens is 474 g/mol. The van der Waals surface area contributed by atoms with Gasteiger partial charge in [-0.05, 0) is 50.6 Å². The van der Waals surface area contributed by atoms with Crippen molar-refractivity contribution in [2.75, 3.05) is 18.5 Å². The van der Waals surface area contributed by atoms with Crippen molar-refractivity contribution in [3.8, 4) is 0 Å². The van der Waals surface area contributed by atoms with Gasteiger partial charge in [0.2, 0.25) is 0 Å². The van der Waals surface area contributed by atoms with Crippen LogP contribution in [0, 0.1) is 5.92 Å². The molecule has 2 N–H and O–H groups in total. The summed E-state index contributed by atoms with van der Waals surface area (Å²) in [7, 11) is 0. The SMILES string of the molecule is CCOC(=O)C1=C(Nc2ccccc2)C[C@](C)(O)[C@H](C(=O)OCC)[C@H]1c1ccc(Br)cc1. The van der Waals surface area contributed by atoms with Crippen molar-refractivity contribution >= 4 is 33.6 Å². The van der Waals surface area contributed by atoms with Gasteiger partial charge in [-0.25, -0.2) is 4.79 Å². The first-order valence-corrected chi connectivity index (χ1v) is 11.4. The normalized spacial score (nSPS) is 22.9. The fraction of sp³-hybridized carbons (Fsp3) is 0.360. The van der Waals surface area contributed by atoms with E-state index in [9.17, 15) is 14.7 Å². The van der Waals surface area contributed by atoms with Gasteiger partial charge in [0.1, 0.15) is 0 Å². The molecular formula is C25H28BrNO5. The summed E-state index contributed by atoms with van der Waals surface area (Å²) in [5, 5.41) is 14.7. The third kappa shape index (κ3) is 5.22. The van der Waals surface area contributed by atoms with Crippen LogP contribution in [0.5, 0.6) is 0 Å². The maximum Gasteiger partial charge on any atom is 0.336 e. The Labute approximate surface area is 196 Å². The van der Waals surface area contributed by atoms with Crippen molar-refractivity contribution in [1.82, 2.24) is 0 Å². The minimum atomic E-state index is -1.46. The summed E-state index contributed by atoms with van der Waals surface area (Å²) in [6, 6.07) is 16.7. The van der Waals surface area contributed by atoms with Crippen LogP contribution in [0.25, 0.3) is 0 Å². The summed E-state index contributed by atoms with van der Waals surface area (Å²) in [4.78, 5) is 26.3. The van der Waals surface area contributed by atoms with E-state index in [2.05, 4.69) is 21.2 Å². The number of aliphatic hydroxyl groups is 1. The second kappa shape index (κ2) is 10.3. The lowest BCUT2D eigenvalue weighted by Crippen LogP contribution is -2.49. The number of esters is 2. The highest BCUT2D eigenvalue weighted by atomic mass is 79.9. The number of para-hydroxylation sites is 1. The third-order valence-electron chi connectivity index (χ3n) is 5.51. The first-order chi connectivity index (χ1) is 15.3. The molecule has 3 atom stereocenters. The van der Waals surface area contributed by atoms with E-state index in [0.717, 1.165) is 10.2 Å². The highest BCUT2D eigenvalue weighted by Gasteiger charge is 2.52. The van der Waals surface area contributed by atoms with Crippen LogP contribution < -0.4 is 5.32 Å². The van der Waals surface area contributed by atoms with Gasteiger partial charge in [0.15, 0.2) is 0 Å². The van der Waals surface area contributed by atoms with Crippen LogP contribution in [-0.2, 0) is 19.1 Å². The highest BCUT2D eigenvalue weighted by Crippen LogP contribution is 2.48. The van der Waals surface area contributed by atoms with Crippen molar-refractivity contribution in [3.05, 3.63) is 75.9 Å². The molecule has 0 unspecified atom stereocenters. The number of carbonyl (C=O) groups excluding carboxylic acids is 2. The molecule has 0 radical (unpaired) electrons. The van der Waals surface area contributed by atoms with Crippen LogP contribution >= 0.6 is 15.9 Å². The first kappa shape index (κ1) is 24.0. The second-order valence-electron chi connectivity index (χ2n) is 7.90. The molecule has 0 saturated heterocycles. The predicted molar refractivity (Wildman–Crippen MR) is 126 cm³/mol. The molecule has 6 nitrogen and oxygen atoms in total. The number of ether oxygens (including phenoxy) is 2. The number of halogens is 1. The molecule has 0 heterocycles. The average Bonchev–Trinajstić information content (AvgIpc) is 2.74. The van der Waals surface area contributed by atoms with Crippen LogP contribution in [-0.4, -0.2) is 35.9 Å². The zero-order valence-corrected chi connectivity index (χ0v) is 20.0. The largest absolute Gasteiger partial charge is 0.466 e. The molecule has 1 aliphatic rings. The van der Waals surface area contributed by atoms with Gasteiger partial charge in [-0.3, -0.25) is 4.79 Å². The Morgan fingerprint density at radius 2 is 1.69 bits per heavy atom. The van der Waals surface area contributed by atoms with Crippen LogP contribution in [0.2, 0.25) is 0 Å². The maximum atomic E-state index is 13.2. The van der Waals surface area contributed by atoms with Crippen LogP contribution in [0.15, 0.2) is 70.3 Å². The number of hydrogen-bond donors (Lipinski definition) is 2. The Morgan fingerprint density at radius 3 is 2.28 bits per heavy atom. The quantitative estimate of drug-likeness (QED) is 0.530. The molecule has 2 aromatic carbocycles. The van der Waals surface area contributed by atoms with Gasteiger partial charge in [-0.2, -0.15) is 0 Å². The molecule has 32 heavy (non-hydrogen) atoms. The number of hydrogen-bond acceptors (Lipinski definition) is 6. The maximum absolute atomic E-state index is 13.2. The second-order valence-corrected chi connectivity index (χ2v) is 8.81. The number of nitrogens with one attached hydrogen (secondary N) is 1. The van der Waals surface area contributed by atoms with Gasteiger partial charge in [-0.1, -0.05) is 46.3 Å². The van der Waals surface area contributed by atoms with Crippen LogP contribution in [0.4, 0.5) is 5.69 Å². The van der Waals surface area contributed by atoms with Crippen molar-refractivity contribution in [1.29, 1.82) is 0 Å². The summed E-state index contributed by atoms with van der Waals surface area (Å²) in [5.74, 6) is -2.81. The molecule has 0 saturated carbocycles. The zero-order chi connectivity index (χ0) is 23.3. The Morgan fingerprint density at radius 1 is 1.06 bits per heavy atom. The van der Waals surface area contributed by atoms with E-state index in [1.807, 2.05) is 54.6 Å². The fourth-order valence-electron chi connectivity index (χ4n) is 4.19. The van der Waals surface area contributed by atoms with E-state index < -0.39 is 29.4 Å². The number of benzene rings is 2. The minimum absolute atomic E-state index is 0.0621. The molecule has 2 aromatic rings. The molecule has 1 aliphatic carbocycles. The highest BCUT2D eigenvalue weighted by molar-refractivity contribution is 9.10. The monoisotopic (exact) mass is 501 g/mol. The standard InChI is InChI=1S/C25H28BrNO5/c1-4-31-23(28)21-19(27-18-9-7-6-8-10-18)15-25(3,30)22(24(29)32-5-2)20(21)16-11-13-17(26)14-12-16/h6-14,20,22,27,30H,4-5,15H2,1-3H3/t20-,22-,25-/m0/s1. The first-order valence-electron chi connectivity index (χ1n) is 10.6. The van der Waals surface area contributed by atoms with Crippen molar-refractivity contribution in [2.24, 2.45) is 5.92 Å². The smallest absolute Gasteiger partial charge is 0.336 e. The van der Waals surface area contributed by atoms with Crippen molar-refractivity contribution < 1.29 is 24.2 Å². The van der Waals surface area contributed by atoms with Crippen LogP contribution in [0.1, 0.15) is 38.7 Å². The third-order valence-corrected chi connectivity index (χ3v) is 6.04. The van der Waals surface area contributed by atoms with Gasteiger partial charge >= 0.3 is 11.9 Å². The lowest BCUT2D eigenvalue weighted by Gasteiger charge is -2.43. The van der Waals surface area contributed by atoms with Crippen molar-refractivity contribution in [2.45, 2.75) is 38.7 Å². The summed E-state index contributed by atoms with van der Waals surface area (Å²) >= 11 is 3.43. The Bertz CT molecular complexity index is 985. The topological polar surface area (TPSA) is 84.9 Å². The van der Waals surface area contributed by atoms with Gasteiger partial charge < -0.3 is 19.9 Å². The fourth-order valence-corrected chi connectivity index (χ4v) is 4.46. The van der Waals surface area contributed by atoms with E-state index in [4.69, 9.17) is 9.47 Å². The Hall–Kier alpha value is -2.64. The average molecular weight is 502 g/mol. The van der Waals surface area contributed by atoms with E-state index in [1.54, 1.807) is 20.8 Å². The predicted octanol–water partition coefficient (Wildman–Crippen LogP) is 4.80. The lowest BCUT2D eigenvalue weighted by atomic mass is 9.66. The van der Waals surface area contributed by atoms with E-state index in [-0.39, 0.29) is 19.6 Å². The molecule has 0 spiro atoms. The molecule has 3 rings (SSSR count). The molecule has 0 amide bonds. The molecule has 0 aliphatic heterocycles. The molecule has 0 aromatic heterocycles. The van der Waals surface area contributed by atoms with Crippen LogP contribution in [0.3, 0.4) is 0 Å². The lowest BCUT2D eigenvalue weighted by molar-refractivity contribution is -0.159. The minimum Gasteiger partial charge on any atom is -0.466 e. The molecule has 0 fully saturated rings. The summed E-state index contributed by atoms with van der Waals surface area (Å²) < 4.78 is 11.6. The molecule has 170 valence electrons. The van der Waals surface area contributed by atoms with E-state index >= 15 is 0 Å². The number of anilines is 1. The summed E-state index contributed by atoms with van der Waals surface area (Å²) in [6.07, 6.45) is 0.0621. The molecule has 7 heteroatoms.